The van der Waals surface area contributed by atoms with Crippen LogP contribution in [0.5, 0.6) is 0 Å². The summed E-state index contributed by atoms with van der Waals surface area (Å²) in [6.45, 7) is 1.82. The summed E-state index contributed by atoms with van der Waals surface area (Å²) < 4.78 is 1.46. The molecule has 0 aromatic carbocycles. The zero-order valence-corrected chi connectivity index (χ0v) is 9.45. The van der Waals surface area contributed by atoms with Crippen molar-refractivity contribution in [2.24, 2.45) is 0 Å². The summed E-state index contributed by atoms with van der Waals surface area (Å²) >= 11 is 0. The summed E-state index contributed by atoms with van der Waals surface area (Å²) in [5, 5.41) is 13.3. The van der Waals surface area contributed by atoms with Gasteiger partial charge in [-0.15, -0.1) is 0 Å². The van der Waals surface area contributed by atoms with Crippen LogP contribution in [0.3, 0.4) is 0 Å². The third kappa shape index (κ3) is 2.33. The van der Waals surface area contributed by atoms with Crippen molar-refractivity contribution in [2.75, 3.05) is 0 Å². The van der Waals surface area contributed by atoms with E-state index in [1.807, 2.05) is 25.1 Å². The number of hydrogen-bond donors (Lipinski definition) is 1. The Balaban J connectivity index is 2.30. The fraction of sp³-hybridized carbons (Fsp3) is 0.250. The van der Waals surface area contributed by atoms with Gasteiger partial charge in [0.05, 0.1) is 5.69 Å². The van der Waals surface area contributed by atoms with Gasteiger partial charge in [0, 0.05) is 12.4 Å². The van der Waals surface area contributed by atoms with Crippen LogP contribution in [0.2, 0.25) is 0 Å². The predicted octanol–water partition coefficient (Wildman–Crippen LogP) is 1.98. The van der Waals surface area contributed by atoms with Crippen LogP contribution in [-0.2, 0) is 4.79 Å². The second kappa shape index (κ2) is 4.78. The van der Waals surface area contributed by atoms with E-state index in [0.29, 0.717) is 12.1 Å². The Morgan fingerprint density at radius 3 is 2.82 bits per heavy atom. The molecule has 5 nitrogen and oxygen atoms in total. The summed E-state index contributed by atoms with van der Waals surface area (Å²) in [6.07, 6.45) is 3.85. The number of carbonyl (C=O) groups is 1. The van der Waals surface area contributed by atoms with Crippen molar-refractivity contribution >= 4 is 5.97 Å². The Bertz CT molecular complexity index is 507. The van der Waals surface area contributed by atoms with Crippen molar-refractivity contribution in [3.05, 3.63) is 36.7 Å². The van der Waals surface area contributed by atoms with E-state index in [4.69, 9.17) is 5.11 Å². The molecule has 1 atom stereocenters. The molecule has 0 bridgehead atoms. The molecule has 17 heavy (non-hydrogen) atoms. The quantitative estimate of drug-likeness (QED) is 0.873. The van der Waals surface area contributed by atoms with E-state index in [-0.39, 0.29) is 0 Å². The van der Waals surface area contributed by atoms with Gasteiger partial charge in [0.1, 0.15) is 11.7 Å². The minimum absolute atomic E-state index is 0.499. The van der Waals surface area contributed by atoms with Crippen molar-refractivity contribution in [1.82, 2.24) is 14.8 Å². The highest BCUT2D eigenvalue weighted by Gasteiger charge is 2.18. The normalized spacial score (nSPS) is 12.3. The first kappa shape index (κ1) is 11.3. The summed E-state index contributed by atoms with van der Waals surface area (Å²) in [7, 11) is 0. The lowest BCUT2D eigenvalue weighted by molar-refractivity contribution is -0.141. The van der Waals surface area contributed by atoms with E-state index < -0.39 is 12.0 Å². The molecule has 88 valence electrons. The number of aromatic nitrogens is 3. The second-order valence-corrected chi connectivity index (χ2v) is 3.66. The maximum Gasteiger partial charge on any atom is 0.328 e. The van der Waals surface area contributed by atoms with Crippen molar-refractivity contribution < 1.29 is 9.90 Å². The van der Waals surface area contributed by atoms with Crippen molar-refractivity contribution in [3.8, 4) is 11.4 Å². The van der Waals surface area contributed by atoms with Gasteiger partial charge in [-0.25, -0.2) is 4.79 Å². The molecule has 0 amide bonds. The number of nitrogens with zero attached hydrogens (tertiary/aromatic N) is 3. The molecule has 0 radical (unpaired) electrons. The van der Waals surface area contributed by atoms with E-state index >= 15 is 0 Å². The topological polar surface area (TPSA) is 68.0 Å². The zero-order chi connectivity index (χ0) is 12.3. The Hall–Kier alpha value is -2.17. The molecule has 2 aromatic rings. The maximum absolute atomic E-state index is 11.0. The van der Waals surface area contributed by atoms with E-state index in [9.17, 15) is 4.79 Å². The summed E-state index contributed by atoms with van der Waals surface area (Å²) in [5.74, 6) is -0.872. The minimum Gasteiger partial charge on any atom is -0.480 e. The fourth-order valence-electron chi connectivity index (χ4n) is 1.64. The van der Waals surface area contributed by atoms with Crippen LogP contribution in [-0.4, -0.2) is 25.8 Å². The largest absolute Gasteiger partial charge is 0.480 e. The molecule has 5 heteroatoms. The first-order chi connectivity index (χ1) is 8.22. The first-order valence-corrected chi connectivity index (χ1v) is 5.41. The molecule has 0 aliphatic heterocycles. The van der Waals surface area contributed by atoms with Gasteiger partial charge >= 0.3 is 5.97 Å². The molecule has 1 unspecified atom stereocenters. The molecule has 0 fully saturated rings. The maximum atomic E-state index is 11.0. The van der Waals surface area contributed by atoms with Gasteiger partial charge in [-0.05, 0) is 24.6 Å². The third-order valence-electron chi connectivity index (χ3n) is 2.53. The summed E-state index contributed by atoms with van der Waals surface area (Å²) in [6, 6.07) is 6.69. The lowest BCUT2D eigenvalue weighted by Crippen LogP contribution is -2.18. The molecule has 2 heterocycles. The number of pyridine rings is 1. The lowest BCUT2D eigenvalue weighted by Gasteiger charge is -2.09. The van der Waals surface area contributed by atoms with E-state index in [0.717, 1.165) is 5.69 Å². The molecule has 2 rings (SSSR count). The van der Waals surface area contributed by atoms with E-state index in [2.05, 4.69) is 10.1 Å². The van der Waals surface area contributed by atoms with Crippen LogP contribution < -0.4 is 0 Å². The standard InChI is InChI=1S/C12H13N3O2/c1-2-11(12(16)17)15-8-6-10(14-15)9-5-3-4-7-13-9/h3-8,11H,2H2,1H3,(H,16,17). The fourth-order valence-corrected chi connectivity index (χ4v) is 1.64. The Morgan fingerprint density at radius 1 is 1.41 bits per heavy atom. The highest BCUT2D eigenvalue weighted by molar-refractivity contribution is 5.71. The van der Waals surface area contributed by atoms with Gasteiger partial charge in [0.2, 0.25) is 0 Å². The van der Waals surface area contributed by atoms with Crippen molar-refractivity contribution in [2.45, 2.75) is 19.4 Å². The average Bonchev–Trinajstić information content (AvgIpc) is 2.80. The van der Waals surface area contributed by atoms with Gasteiger partial charge in [-0.2, -0.15) is 5.10 Å². The number of aliphatic carboxylic acids is 1. The summed E-state index contributed by atoms with van der Waals surface area (Å²) in [5.41, 5.74) is 1.43. The van der Waals surface area contributed by atoms with Crippen LogP contribution in [0.4, 0.5) is 0 Å². The van der Waals surface area contributed by atoms with Crippen molar-refractivity contribution in [1.29, 1.82) is 0 Å². The summed E-state index contributed by atoms with van der Waals surface area (Å²) in [4.78, 5) is 15.2. The smallest absolute Gasteiger partial charge is 0.328 e. The zero-order valence-electron chi connectivity index (χ0n) is 9.45. The Morgan fingerprint density at radius 2 is 2.24 bits per heavy atom. The van der Waals surface area contributed by atoms with Gasteiger partial charge in [-0.3, -0.25) is 9.67 Å². The molecule has 0 aliphatic carbocycles. The Kier molecular flexibility index (Phi) is 3.18. The number of carboxylic acid groups (broad SMARTS) is 1. The van der Waals surface area contributed by atoms with Crippen LogP contribution in [0.1, 0.15) is 19.4 Å². The van der Waals surface area contributed by atoms with Gasteiger partial charge in [0.25, 0.3) is 0 Å². The number of carboxylic acids is 1. The first-order valence-electron chi connectivity index (χ1n) is 5.41. The predicted molar refractivity (Wildman–Crippen MR) is 62.4 cm³/mol. The molecule has 0 saturated carbocycles. The minimum atomic E-state index is -0.872. The number of hydrogen-bond acceptors (Lipinski definition) is 3. The highest BCUT2D eigenvalue weighted by Crippen LogP contribution is 2.17. The molecule has 0 spiro atoms. The Labute approximate surface area is 98.7 Å². The van der Waals surface area contributed by atoms with E-state index in [1.165, 1.54) is 4.68 Å². The molecular weight excluding hydrogens is 218 g/mol. The molecule has 1 N–H and O–H groups in total. The van der Waals surface area contributed by atoms with Crippen LogP contribution in [0.15, 0.2) is 36.7 Å². The highest BCUT2D eigenvalue weighted by atomic mass is 16.4. The lowest BCUT2D eigenvalue weighted by atomic mass is 10.2. The molecule has 0 saturated heterocycles. The van der Waals surface area contributed by atoms with Crippen LogP contribution in [0.25, 0.3) is 11.4 Å². The van der Waals surface area contributed by atoms with Gasteiger partial charge in [0.15, 0.2) is 0 Å². The van der Waals surface area contributed by atoms with Crippen molar-refractivity contribution in [3.63, 3.8) is 0 Å². The SMILES string of the molecule is CCC(C(=O)O)n1ccc(-c2ccccn2)n1. The van der Waals surface area contributed by atoms with Gasteiger partial charge < -0.3 is 5.11 Å². The number of rotatable bonds is 4. The van der Waals surface area contributed by atoms with Gasteiger partial charge in [-0.1, -0.05) is 13.0 Å². The molecule has 0 aliphatic rings. The van der Waals surface area contributed by atoms with Crippen LogP contribution >= 0.6 is 0 Å². The van der Waals surface area contributed by atoms with Crippen LogP contribution in [0, 0.1) is 0 Å². The molecule has 2 aromatic heterocycles. The molecular formula is C12H13N3O2. The average molecular weight is 231 g/mol. The second-order valence-electron chi connectivity index (χ2n) is 3.66. The third-order valence-corrected chi connectivity index (χ3v) is 2.53. The van der Waals surface area contributed by atoms with E-state index in [1.54, 1.807) is 18.5 Å². The monoisotopic (exact) mass is 231 g/mol.